The Morgan fingerprint density at radius 2 is 1.50 bits per heavy atom. The molecule has 0 fully saturated rings. The van der Waals surface area contributed by atoms with Crippen LogP contribution in [0.1, 0.15) is 38.3 Å². The molecule has 0 heterocycles. The van der Waals surface area contributed by atoms with E-state index in [0.717, 1.165) is 34.6 Å². The first-order valence-electron chi connectivity index (χ1n) is 7.59. The predicted molar refractivity (Wildman–Crippen MR) is 92.9 cm³/mol. The maximum absolute atomic E-state index is 8.56. The number of ether oxygens (including phenoxy) is 1. The van der Waals surface area contributed by atoms with E-state index >= 15 is 0 Å². The molecule has 2 heteroatoms. The Labute approximate surface area is 133 Å². The van der Waals surface area contributed by atoms with E-state index < -0.39 is 0 Å². The fourth-order valence-electron chi connectivity index (χ4n) is 1.87. The molecule has 114 valence electrons. The van der Waals surface area contributed by atoms with Gasteiger partial charge in [0.05, 0.1) is 6.07 Å². The number of hydrogen-bond acceptors (Lipinski definition) is 2. The van der Waals surface area contributed by atoms with Gasteiger partial charge < -0.3 is 4.74 Å². The summed E-state index contributed by atoms with van der Waals surface area (Å²) in [5, 5.41) is 8.56. The van der Waals surface area contributed by atoms with Crippen LogP contribution in [0.3, 0.4) is 0 Å². The molecule has 0 atom stereocenters. The molecule has 0 aromatic heterocycles. The standard InChI is InChI=1S/C18H17NO.C2H6/c1-14(2)16-7-11-18(12-8-16)20-17-9-5-15(6-10-17)4-3-13-19;1-2/h5-12H,1,3-4H2,2H3;1-2H3. The predicted octanol–water partition coefficient (Wildman–Crippen LogP) is 5.99. The van der Waals surface area contributed by atoms with Gasteiger partial charge in [0.2, 0.25) is 0 Å². The quantitative estimate of drug-likeness (QED) is 0.678. The van der Waals surface area contributed by atoms with E-state index in [0.29, 0.717) is 6.42 Å². The minimum absolute atomic E-state index is 0.544. The maximum Gasteiger partial charge on any atom is 0.127 e. The average Bonchev–Trinajstić information content (AvgIpc) is 2.56. The van der Waals surface area contributed by atoms with Gasteiger partial charge in [-0.2, -0.15) is 5.26 Å². The number of nitriles is 1. The minimum atomic E-state index is 0.544. The highest BCUT2D eigenvalue weighted by molar-refractivity contribution is 5.61. The second-order valence-electron chi connectivity index (χ2n) is 4.71. The van der Waals surface area contributed by atoms with Gasteiger partial charge in [-0.3, -0.25) is 0 Å². The molecule has 0 N–H and O–H groups in total. The Kier molecular flexibility index (Phi) is 7.50. The number of aryl methyl sites for hydroxylation is 1. The summed E-state index contributed by atoms with van der Waals surface area (Å²) < 4.78 is 5.78. The Bertz CT molecular complexity index is 618. The molecule has 0 bridgehead atoms. The smallest absolute Gasteiger partial charge is 0.127 e. The molecule has 0 radical (unpaired) electrons. The van der Waals surface area contributed by atoms with Gasteiger partial charge in [-0.1, -0.05) is 50.3 Å². The lowest BCUT2D eigenvalue weighted by Crippen LogP contribution is -1.87. The first kappa shape index (κ1) is 17.5. The summed E-state index contributed by atoms with van der Waals surface area (Å²) in [5.41, 5.74) is 3.30. The third kappa shape index (κ3) is 5.46. The van der Waals surface area contributed by atoms with Gasteiger partial charge in [-0.25, -0.2) is 0 Å². The summed E-state index contributed by atoms with van der Waals surface area (Å²) in [6, 6.07) is 17.9. The Balaban J connectivity index is 0.00000116. The van der Waals surface area contributed by atoms with Crippen LogP contribution < -0.4 is 4.74 Å². The van der Waals surface area contributed by atoms with Crippen LogP contribution in [0.5, 0.6) is 11.5 Å². The third-order valence-electron chi connectivity index (χ3n) is 3.03. The van der Waals surface area contributed by atoms with Crippen LogP contribution in [0.15, 0.2) is 55.1 Å². The van der Waals surface area contributed by atoms with Gasteiger partial charge in [-0.05, 0) is 48.7 Å². The van der Waals surface area contributed by atoms with Crippen molar-refractivity contribution in [1.29, 1.82) is 5.26 Å². The largest absolute Gasteiger partial charge is 0.457 e. The van der Waals surface area contributed by atoms with Gasteiger partial charge in [-0.15, -0.1) is 0 Å². The maximum atomic E-state index is 8.56. The van der Waals surface area contributed by atoms with Crippen LogP contribution in [0.4, 0.5) is 0 Å². The lowest BCUT2D eigenvalue weighted by Gasteiger charge is -2.07. The summed E-state index contributed by atoms with van der Waals surface area (Å²) in [7, 11) is 0. The highest BCUT2D eigenvalue weighted by Gasteiger charge is 1.99. The molecule has 0 aliphatic carbocycles. The highest BCUT2D eigenvalue weighted by atomic mass is 16.5. The van der Waals surface area contributed by atoms with Crippen molar-refractivity contribution in [2.45, 2.75) is 33.6 Å². The summed E-state index contributed by atoms with van der Waals surface area (Å²) in [6.07, 6.45) is 1.33. The average molecular weight is 293 g/mol. The van der Waals surface area contributed by atoms with Crippen LogP contribution in [-0.2, 0) is 6.42 Å². The summed E-state index contributed by atoms with van der Waals surface area (Å²) in [5.74, 6) is 1.61. The molecular weight excluding hydrogens is 270 g/mol. The summed E-state index contributed by atoms with van der Waals surface area (Å²) in [4.78, 5) is 0. The summed E-state index contributed by atoms with van der Waals surface area (Å²) in [6.45, 7) is 9.89. The van der Waals surface area contributed by atoms with E-state index in [1.165, 1.54) is 0 Å². The van der Waals surface area contributed by atoms with Crippen molar-refractivity contribution in [3.05, 3.63) is 66.2 Å². The third-order valence-corrected chi connectivity index (χ3v) is 3.03. The molecule has 0 aliphatic rings. The molecule has 2 nitrogen and oxygen atoms in total. The lowest BCUT2D eigenvalue weighted by molar-refractivity contribution is 0.482. The van der Waals surface area contributed by atoms with Gasteiger partial charge in [0.25, 0.3) is 0 Å². The monoisotopic (exact) mass is 293 g/mol. The topological polar surface area (TPSA) is 33.0 Å². The van der Waals surface area contributed by atoms with Crippen molar-refractivity contribution in [2.75, 3.05) is 0 Å². The van der Waals surface area contributed by atoms with Crippen LogP contribution in [0.25, 0.3) is 5.57 Å². The molecule has 2 rings (SSSR count). The first-order valence-corrected chi connectivity index (χ1v) is 7.59. The van der Waals surface area contributed by atoms with Gasteiger partial charge in [0.15, 0.2) is 0 Å². The number of nitrogens with zero attached hydrogens (tertiary/aromatic N) is 1. The van der Waals surface area contributed by atoms with Crippen molar-refractivity contribution in [3.8, 4) is 17.6 Å². The van der Waals surface area contributed by atoms with Crippen LogP contribution in [-0.4, -0.2) is 0 Å². The number of rotatable bonds is 5. The van der Waals surface area contributed by atoms with E-state index in [1.807, 2.05) is 69.3 Å². The zero-order valence-electron chi connectivity index (χ0n) is 13.6. The molecule has 2 aromatic rings. The van der Waals surface area contributed by atoms with Crippen LogP contribution in [0.2, 0.25) is 0 Å². The van der Waals surface area contributed by atoms with E-state index in [9.17, 15) is 0 Å². The molecule has 0 saturated heterocycles. The number of allylic oxidation sites excluding steroid dienone is 1. The van der Waals surface area contributed by atoms with E-state index in [-0.39, 0.29) is 0 Å². The zero-order valence-corrected chi connectivity index (χ0v) is 13.6. The number of benzene rings is 2. The fourth-order valence-corrected chi connectivity index (χ4v) is 1.87. The molecule has 0 unspecified atom stereocenters. The van der Waals surface area contributed by atoms with Gasteiger partial charge in [0.1, 0.15) is 11.5 Å². The molecule has 0 aliphatic heterocycles. The van der Waals surface area contributed by atoms with Crippen molar-refractivity contribution in [1.82, 2.24) is 0 Å². The van der Waals surface area contributed by atoms with Gasteiger partial charge in [0, 0.05) is 6.42 Å². The Morgan fingerprint density at radius 3 is 1.95 bits per heavy atom. The highest BCUT2D eigenvalue weighted by Crippen LogP contribution is 2.23. The Hall–Kier alpha value is -2.53. The minimum Gasteiger partial charge on any atom is -0.457 e. The normalized spacial score (nSPS) is 9.18. The van der Waals surface area contributed by atoms with E-state index in [4.69, 9.17) is 10.00 Å². The number of hydrogen-bond donors (Lipinski definition) is 0. The SMILES string of the molecule is C=C(C)c1ccc(Oc2ccc(CCC#N)cc2)cc1.CC. The van der Waals surface area contributed by atoms with Crippen molar-refractivity contribution < 1.29 is 4.74 Å². The molecule has 22 heavy (non-hydrogen) atoms. The van der Waals surface area contributed by atoms with Crippen molar-refractivity contribution >= 4 is 5.57 Å². The molecule has 0 saturated carbocycles. The van der Waals surface area contributed by atoms with Gasteiger partial charge >= 0.3 is 0 Å². The summed E-state index contributed by atoms with van der Waals surface area (Å²) >= 11 is 0. The van der Waals surface area contributed by atoms with E-state index in [1.54, 1.807) is 0 Å². The molecular formula is C20H23NO. The molecule has 2 aromatic carbocycles. The fraction of sp³-hybridized carbons (Fsp3) is 0.250. The molecule has 0 spiro atoms. The van der Waals surface area contributed by atoms with Crippen molar-refractivity contribution in [3.63, 3.8) is 0 Å². The zero-order chi connectivity index (χ0) is 16.4. The van der Waals surface area contributed by atoms with E-state index in [2.05, 4.69) is 12.6 Å². The second kappa shape index (κ2) is 9.41. The molecule has 0 amide bonds. The first-order chi connectivity index (χ1) is 10.7. The lowest BCUT2D eigenvalue weighted by atomic mass is 10.1. The van der Waals surface area contributed by atoms with Crippen molar-refractivity contribution in [2.24, 2.45) is 0 Å². The van der Waals surface area contributed by atoms with Crippen LogP contribution >= 0.6 is 0 Å². The Morgan fingerprint density at radius 1 is 1.00 bits per heavy atom. The second-order valence-corrected chi connectivity index (χ2v) is 4.71. The van der Waals surface area contributed by atoms with Crippen LogP contribution in [0, 0.1) is 11.3 Å².